The van der Waals surface area contributed by atoms with E-state index < -0.39 is 0 Å². The molecule has 21 heavy (non-hydrogen) atoms. The quantitative estimate of drug-likeness (QED) is 0.706. The number of benzene rings is 1. The summed E-state index contributed by atoms with van der Waals surface area (Å²) >= 11 is 5.75. The van der Waals surface area contributed by atoms with Crippen LogP contribution in [0.2, 0.25) is 5.02 Å². The molecule has 0 spiro atoms. The van der Waals surface area contributed by atoms with Crippen LogP contribution in [0, 0.1) is 0 Å². The van der Waals surface area contributed by atoms with Gasteiger partial charge in [0.25, 0.3) is 5.91 Å². The molecule has 2 amide bonds. The van der Waals surface area contributed by atoms with Crippen molar-refractivity contribution < 1.29 is 9.59 Å². The van der Waals surface area contributed by atoms with Crippen molar-refractivity contribution in [3.8, 4) is 0 Å². The summed E-state index contributed by atoms with van der Waals surface area (Å²) < 4.78 is 0. The topological polar surface area (TPSA) is 99.8 Å². The summed E-state index contributed by atoms with van der Waals surface area (Å²) in [6.07, 6.45) is 2.11. The maximum absolute atomic E-state index is 11.8. The molecule has 3 N–H and O–H groups in total. The van der Waals surface area contributed by atoms with Gasteiger partial charge in [-0.15, -0.1) is 0 Å². The largest absolute Gasteiger partial charge is 0.352 e. The van der Waals surface area contributed by atoms with Crippen LogP contribution in [-0.2, 0) is 4.79 Å². The highest BCUT2D eigenvalue weighted by Crippen LogP contribution is 2.09. The van der Waals surface area contributed by atoms with Crippen molar-refractivity contribution in [1.82, 2.24) is 20.5 Å². The van der Waals surface area contributed by atoms with Crippen LogP contribution in [0.1, 0.15) is 23.2 Å². The fourth-order valence-electron chi connectivity index (χ4n) is 1.61. The first-order chi connectivity index (χ1) is 10.1. The molecule has 0 bridgehead atoms. The van der Waals surface area contributed by atoms with Gasteiger partial charge in [-0.3, -0.25) is 14.9 Å². The van der Waals surface area contributed by atoms with Gasteiger partial charge in [-0.05, 0) is 30.7 Å². The number of nitrogens with zero attached hydrogens (tertiary/aromatic N) is 2. The molecule has 0 aliphatic heterocycles. The van der Waals surface area contributed by atoms with Gasteiger partial charge in [0.2, 0.25) is 11.9 Å². The lowest BCUT2D eigenvalue weighted by molar-refractivity contribution is -0.116. The molecule has 8 heteroatoms. The number of hydrogen-bond acceptors (Lipinski definition) is 4. The molecule has 0 saturated carbocycles. The molecule has 2 aromatic rings. The smallest absolute Gasteiger partial charge is 0.251 e. The first-order valence-corrected chi connectivity index (χ1v) is 6.72. The summed E-state index contributed by atoms with van der Waals surface area (Å²) in [5.41, 5.74) is 0.533. The van der Waals surface area contributed by atoms with Gasteiger partial charge in [0.1, 0.15) is 6.33 Å². The maximum Gasteiger partial charge on any atom is 0.251 e. The van der Waals surface area contributed by atoms with Crippen LogP contribution in [0.3, 0.4) is 0 Å². The molecule has 1 heterocycles. The molecular formula is C13H14ClN5O2. The first kappa shape index (κ1) is 15.0. The number of carbonyl (C=O) groups excluding carboxylic acids is 2. The first-order valence-electron chi connectivity index (χ1n) is 6.34. The van der Waals surface area contributed by atoms with E-state index in [9.17, 15) is 9.59 Å². The Balaban J connectivity index is 1.66. The molecule has 1 aromatic heterocycles. The SMILES string of the molecule is O=C(CCCNC(=O)c1ccc(Cl)cc1)Nc1ncn[nH]1. The lowest BCUT2D eigenvalue weighted by Crippen LogP contribution is -2.25. The normalized spacial score (nSPS) is 10.1. The Bertz CT molecular complexity index is 598. The van der Waals surface area contributed by atoms with E-state index in [1.54, 1.807) is 24.3 Å². The number of carbonyl (C=O) groups is 2. The third-order valence-electron chi connectivity index (χ3n) is 2.65. The molecule has 1 aromatic carbocycles. The number of nitrogens with one attached hydrogen (secondary N) is 3. The van der Waals surface area contributed by atoms with E-state index in [1.807, 2.05) is 0 Å². The van der Waals surface area contributed by atoms with Gasteiger partial charge in [0.15, 0.2) is 0 Å². The van der Waals surface area contributed by atoms with Crippen LogP contribution in [0.4, 0.5) is 5.95 Å². The number of aromatic nitrogens is 3. The number of anilines is 1. The Morgan fingerprint density at radius 2 is 2.00 bits per heavy atom. The molecule has 0 atom stereocenters. The Hall–Kier alpha value is -2.41. The highest BCUT2D eigenvalue weighted by molar-refractivity contribution is 6.30. The van der Waals surface area contributed by atoms with Gasteiger partial charge in [0.05, 0.1) is 0 Å². The zero-order valence-electron chi connectivity index (χ0n) is 11.1. The van der Waals surface area contributed by atoms with E-state index in [-0.39, 0.29) is 18.2 Å². The number of halogens is 1. The number of hydrogen-bond donors (Lipinski definition) is 3. The number of aromatic amines is 1. The molecule has 0 unspecified atom stereocenters. The zero-order chi connectivity index (χ0) is 15.1. The number of H-pyrrole nitrogens is 1. The average molecular weight is 308 g/mol. The molecule has 0 saturated heterocycles. The fourth-order valence-corrected chi connectivity index (χ4v) is 1.74. The predicted octanol–water partition coefficient (Wildman–Crippen LogP) is 1.61. The molecule has 0 fully saturated rings. The van der Waals surface area contributed by atoms with Crippen LogP contribution >= 0.6 is 11.6 Å². The second-order valence-electron chi connectivity index (χ2n) is 4.25. The van der Waals surface area contributed by atoms with Crippen LogP contribution in [0.25, 0.3) is 0 Å². The molecule has 0 radical (unpaired) electrons. The van der Waals surface area contributed by atoms with Gasteiger partial charge >= 0.3 is 0 Å². The lowest BCUT2D eigenvalue weighted by atomic mass is 10.2. The lowest BCUT2D eigenvalue weighted by Gasteiger charge is -2.05. The van der Waals surface area contributed by atoms with E-state index in [2.05, 4.69) is 25.8 Å². The Labute approximate surface area is 126 Å². The summed E-state index contributed by atoms with van der Waals surface area (Å²) in [4.78, 5) is 27.1. The maximum atomic E-state index is 11.8. The predicted molar refractivity (Wildman–Crippen MR) is 78.0 cm³/mol. The Morgan fingerprint density at radius 1 is 1.24 bits per heavy atom. The summed E-state index contributed by atoms with van der Waals surface area (Å²) in [6.45, 7) is 0.408. The average Bonchev–Trinajstić information content (AvgIpc) is 2.97. The molecule has 7 nitrogen and oxygen atoms in total. The monoisotopic (exact) mass is 307 g/mol. The van der Waals surface area contributed by atoms with Crippen molar-refractivity contribution in [3.63, 3.8) is 0 Å². The summed E-state index contributed by atoms with van der Waals surface area (Å²) in [5, 5.41) is 12.0. The molecule has 2 rings (SSSR count). The van der Waals surface area contributed by atoms with Gasteiger partial charge in [-0.25, -0.2) is 5.10 Å². The Kier molecular flexibility index (Phi) is 5.28. The minimum absolute atomic E-state index is 0.188. The van der Waals surface area contributed by atoms with Crippen molar-refractivity contribution >= 4 is 29.4 Å². The van der Waals surface area contributed by atoms with E-state index in [0.29, 0.717) is 29.5 Å². The standard InChI is InChI=1S/C13H14ClN5O2/c14-10-5-3-9(4-6-10)12(21)15-7-1-2-11(20)18-13-16-8-17-19-13/h3-6,8H,1-2,7H2,(H,15,21)(H2,16,17,18,19,20). The molecule has 0 aliphatic rings. The van der Waals surface area contributed by atoms with Crippen LogP contribution in [0.5, 0.6) is 0 Å². The second-order valence-corrected chi connectivity index (χ2v) is 4.69. The van der Waals surface area contributed by atoms with Crippen molar-refractivity contribution in [1.29, 1.82) is 0 Å². The van der Waals surface area contributed by atoms with Crippen molar-refractivity contribution in [2.24, 2.45) is 0 Å². The minimum Gasteiger partial charge on any atom is -0.352 e. The van der Waals surface area contributed by atoms with Crippen molar-refractivity contribution in [2.75, 3.05) is 11.9 Å². The van der Waals surface area contributed by atoms with Crippen molar-refractivity contribution in [3.05, 3.63) is 41.2 Å². The fraction of sp³-hybridized carbons (Fsp3) is 0.231. The summed E-state index contributed by atoms with van der Waals surface area (Å²) in [5.74, 6) is -0.0694. The molecule has 0 aliphatic carbocycles. The summed E-state index contributed by atoms with van der Waals surface area (Å²) in [6, 6.07) is 6.60. The molecular weight excluding hydrogens is 294 g/mol. The van der Waals surface area contributed by atoms with Crippen LogP contribution in [-0.4, -0.2) is 33.5 Å². The van der Waals surface area contributed by atoms with E-state index in [0.717, 1.165) is 0 Å². The van der Waals surface area contributed by atoms with E-state index in [1.165, 1.54) is 6.33 Å². The van der Waals surface area contributed by atoms with Gasteiger partial charge in [-0.1, -0.05) is 11.6 Å². The highest BCUT2D eigenvalue weighted by Gasteiger charge is 2.06. The minimum atomic E-state index is -0.192. The van der Waals surface area contributed by atoms with E-state index in [4.69, 9.17) is 11.6 Å². The third kappa shape index (κ3) is 4.88. The number of amides is 2. The summed E-state index contributed by atoms with van der Waals surface area (Å²) in [7, 11) is 0. The zero-order valence-corrected chi connectivity index (χ0v) is 11.9. The van der Waals surface area contributed by atoms with Crippen molar-refractivity contribution in [2.45, 2.75) is 12.8 Å². The third-order valence-corrected chi connectivity index (χ3v) is 2.90. The van der Waals surface area contributed by atoms with E-state index >= 15 is 0 Å². The molecule has 110 valence electrons. The van der Waals surface area contributed by atoms with Crippen LogP contribution < -0.4 is 10.6 Å². The van der Waals surface area contributed by atoms with Gasteiger partial charge in [-0.2, -0.15) is 10.1 Å². The van der Waals surface area contributed by atoms with Gasteiger partial charge < -0.3 is 5.32 Å². The van der Waals surface area contributed by atoms with Crippen LogP contribution in [0.15, 0.2) is 30.6 Å². The second kappa shape index (κ2) is 7.39. The van der Waals surface area contributed by atoms with Gasteiger partial charge in [0, 0.05) is 23.6 Å². The highest BCUT2D eigenvalue weighted by atomic mass is 35.5. The Morgan fingerprint density at radius 3 is 2.67 bits per heavy atom. The number of rotatable bonds is 6.